The van der Waals surface area contributed by atoms with Crippen LogP contribution in [0.4, 0.5) is 11.6 Å². The molecule has 10 heteroatoms. The fraction of sp³-hybridized carbons (Fsp3) is 0.360. The summed E-state index contributed by atoms with van der Waals surface area (Å²) in [5.41, 5.74) is 2.14. The largest absolute Gasteiger partial charge is 0.391 e. The zero-order chi connectivity index (χ0) is 24.8. The maximum atomic E-state index is 12.6. The number of nitrogens with one attached hydrogen (secondary N) is 1. The van der Waals surface area contributed by atoms with Gasteiger partial charge in [0, 0.05) is 48.7 Å². The molecule has 1 saturated heterocycles. The molecule has 10 nitrogen and oxygen atoms in total. The number of carbonyl (C=O) groups excluding carboxylic acids is 1. The molecule has 0 aliphatic carbocycles. The number of aliphatic hydroxyl groups is 1. The summed E-state index contributed by atoms with van der Waals surface area (Å²) in [5.74, 6) is 0.294. The molecule has 1 fully saturated rings. The molecule has 0 radical (unpaired) electrons. The number of nitriles is 2. The zero-order valence-corrected chi connectivity index (χ0v) is 19.4. The molecule has 0 bridgehead atoms. The lowest BCUT2D eigenvalue weighted by Gasteiger charge is -2.26. The van der Waals surface area contributed by atoms with E-state index in [0.717, 1.165) is 11.3 Å². The van der Waals surface area contributed by atoms with E-state index in [1.54, 1.807) is 52.3 Å². The van der Waals surface area contributed by atoms with Gasteiger partial charge < -0.3 is 15.3 Å². The highest BCUT2D eigenvalue weighted by molar-refractivity contribution is 5.94. The number of anilines is 2. The normalized spacial score (nSPS) is 16.8. The summed E-state index contributed by atoms with van der Waals surface area (Å²) in [4.78, 5) is 23.1. The van der Waals surface area contributed by atoms with Crippen LogP contribution >= 0.6 is 0 Å². The molecule has 2 atom stereocenters. The number of β-amino-alcohol motifs (C(OH)–C–C–N with tert-alkyl or cyclic N) is 1. The van der Waals surface area contributed by atoms with E-state index in [2.05, 4.69) is 32.5 Å². The SMILES string of the molecule is CC(CC#N)(CCC#N)n1cc(-c2ccnc(Nc3ccc(C(=O)N4CCC(O)C4)cc3)n2)cn1. The minimum absolute atomic E-state index is 0.0958. The van der Waals surface area contributed by atoms with Gasteiger partial charge in [-0.05, 0) is 50.1 Å². The minimum atomic E-state index is -0.580. The molecule has 178 valence electrons. The average molecular weight is 471 g/mol. The quantitative estimate of drug-likeness (QED) is 0.511. The molecule has 1 aromatic carbocycles. The van der Waals surface area contributed by atoms with Gasteiger partial charge in [0.05, 0.1) is 42.1 Å². The molecule has 0 saturated carbocycles. The Hall–Kier alpha value is -4.28. The van der Waals surface area contributed by atoms with Crippen molar-refractivity contribution in [3.05, 3.63) is 54.5 Å². The van der Waals surface area contributed by atoms with Crippen molar-refractivity contribution in [3.63, 3.8) is 0 Å². The van der Waals surface area contributed by atoms with Crippen LogP contribution in [0.2, 0.25) is 0 Å². The highest BCUT2D eigenvalue weighted by atomic mass is 16.3. The molecule has 4 rings (SSSR count). The van der Waals surface area contributed by atoms with E-state index >= 15 is 0 Å². The lowest BCUT2D eigenvalue weighted by Crippen LogP contribution is -2.30. The van der Waals surface area contributed by atoms with E-state index in [1.165, 1.54) is 0 Å². The van der Waals surface area contributed by atoms with Crippen LogP contribution in [-0.4, -0.2) is 54.9 Å². The third-order valence-electron chi connectivity index (χ3n) is 6.16. The number of likely N-dealkylation sites (tertiary alicyclic amines) is 1. The summed E-state index contributed by atoms with van der Waals surface area (Å²) in [6.07, 6.45) is 6.40. The highest BCUT2D eigenvalue weighted by Crippen LogP contribution is 2.28. The van der Waals surface area contributed by atoms with Crippen LogP contribution in [0, 0.1) is 22.7 Å². The summed E-state index contributed by atoms with van der Waals surface area (Å²) in [6, 6.07) is 13.1. The third kappa shape index (κ3) is 5.45. The van der Waals surface area contributed by atoms with Gasteiger partial charge >= 0.3 is 0 Å². The minimum Gasteiger partial charge on any atom is -0.391 e. The van der Waals surface area contributed by atoms with Crippen molar-refractivity contribution < 1.29 is 9.90 Å². The number of aliphatic hydroxyl groups excluding tert-OH is 1. The molecule has 1 aliphatic heterocycles. The number of carbonyl (C=O) groups is 1. The fourth-order valence-corrected chi connectivity index (χ4v) is 4.04. The van der Waals surface area contributed by atoms with Crippen LogP contribution in [0.5, 0.6) is 0 Å². The highest BCUT2D eigenvalue weighted by Gasteiger charge is 2.27. The first-order valence-electron chi connectivity index (χ1n) is 11.4. The van der Waals surface area contributed by atoms with Gasteiger partial charge in [-0.3, -0.25) is 9.48 Å². The van der Waals surface area contributed by atoms with Gasteiger partial charge in [-0.25, -0.2) is 9.97 Å². The standard InChI is InChI=1S/C25H26N8O2/c1-25(10-12-27,9-2-11-26)33-16-19(15-29-33)22-7-13-28-24(31-22)30-20-5-3-18(4-6-20)23(35)32-14-8-21(34)17-32/h3-7,13,15-16,21,34H,2,8-10,14,17H2,1H3,(H,28,30,31). The first-order valence-corrected chi connectivity index (χ1v) is 11.4. The second-order valence-electron chi connectivity index (χ2n) is 8.83. The monoisotopic (exact) mass is 470 g/mol. The fourth-order valence-electron chi connectivity index (χ4n) is 4.04. The Labute approximate surface area is 203 Å². The summed E-state index contributed by atoms with van der Waals surface area (Å²) < 4.78 is 1.73. The Bertz CT molecular complexity index is 1270. The molecule has 3 aromatic rings. The van der Waals surface area contributed by atoms with Crippen molar-refractivity contribution in [1.82, 2.24) is 24.6 Å². The average Bonchev–Trinajstić information content (AvgIpc) is 3.53. The molecular weight excluding hydrogens is 444 g/mol. The summed E-state index contributed by atoms with van der Waals surface area (Å²) in [7, 11) is 0. The molecule has 1 aliphatic rings. The lowest BCUT2D eigenvalue weighted by atomic mass is 9.93. The van der Waals surface area contributed by atoms with Crippen molar-refractivity contribution in [3.8, 4) is 23.4 Å². The van der Waals surface area contributed by atoms with Crippen molar-refractivity contribution in [1.29, 1.82) is 10.5 Å². The van der Waals surface area contributed by atoms with Crippen LogP contribution in [-0.2, 0) is 5.54 Å². The predicted octanol–water partition coefficient (Wildman–Crippen LogP) is 3.22. The van der Waals surface area contributed by atoms with Gasteiger partial charge in [0.2, 0.25) is 5.95 Å². The van der Waals surface area contributed by atoms with Gasteiger partial charge in [0.1, 0.15) is 0 Å². The smallest absolute Gasteiger partial charge is 0.253 e. The number of nitrogens with zero attached hydrogens (tertiary/aromatic N) is 7. The van der Waals surface area contributed by atoms with E-state index in [4.69, 9.17) is 5.26 Å². The van der Waals surface area contributed by atoms with Gasteiger partial charge in [-0.15, -0.1) is 0 Å². The Kier molecular flexibility index (Phi) is 7.04. The van der Waals surface area contributed by atoms with Crippen molar-refractivity contribution >= 4 is 17.5 Å². The summed E-state index contributed by atoms with van der Waals surface area (Å²) >= 11 is 0. The van der Waals surface area contributed by atoms with E-state index in [-0.39, 0.29) is 12.3 Å². The first-order chi connectivity index (χ1) is 16.9. The Balaban J connectivity index is 1.47. The second kappa shape index (κ2) is 10.3. The maximum absolute atomic E-state index is 12.6. The number of amides is 1. The molecule has 2 unspecified atom stereocenters. The van der Waals surface area contributed by atoms with Gasteiger partial charge in [-0.2, -0.15) is 15.6 Å². The van der Waals surface area contributed by atoms with Gasteiger partial charge in [0.15, 0.2) is 0 Å². The Morgan fingerprint density at radius 3 is 2.74 bits per heavy atom. The lowest BCUT2D eigenvalue weighted by molar-refractivity contribution is 0.0765. The summed E-state index contributed by atoms with van der Waals surface area (Å²) in [6.45, 7) is 2.84. The van der Waals surface area contributed by atoms with Crippen LogP contribution in [0.1, 0.15) is 43.0 Å². The molecule has 2 N–H and O–H groups in total. The third-order valence-corrected chi connectivity index (χ3v) is 6.16. The number of aromatic nitrogens is 4. The van der Waals surface area contributed by atoms with Gasteiger partial charge in [0.25, 0.3) is 5.91 Å². The van der Waals surface area contributed by atoms with E-state index in [1.807, 2.05) is 13.1 Å². The Morgan fingerprint density at radius 2 is 2.06 bits per heavy atom. The number of hydrogen-bond donors (Lipinski definition) is 2. The molecule has 1 amide bonds. The van der Waals surface area contributed by atoms with E-state index < -0.39 is 11.6 Å². The molecular formula is C25H26N8O2. The number of hydrogen-bond acceptors (Lipinski definition) is 8. The topological polar surface area (TPSA) is 144 Å². The Morgan fingerprint density at radius 1 is 1.26 bits per heavy atom. The summed E-state index contributed by atoms with van der Waals surface area (Å²) in [5, 5.41) is 35.5. The second-order valence-corrected chi connectivity index (χ2v) is 8.83. The number of benzene rings is 1. The maximum Gasteiger partial charge on any atom is 0.253 e. The first kappa shape index (κ1) is 23.9. The van der Waals surface area contributed by atoms with Gasteiger partial charge in [-0.1, -0.05) is 0 Å². The molecule has 0 spiro atoms. The van der Waals surface area contributed by atoms with Crippen LogP contribution in [0.15, 0.2) is 48.9 Å². The molecule has 2 aromatic heterocycles. The van der Waals surface area contributed by atoms with Crippen LogP contribution < -0.4 is 5.32 Å². The van der Waals surface area contributed by atoms with Crippen LogP contribution in [0.25, 0.3) is 11.3 Å². The molecule has 35 heavy (non-hydrogen) atoms. The van der Waals surface area contributed by atoms with Crippen molar-refractivity contribution in [2.24, 2.45) is 0 Å². The zero-order valence-electron chi connectivity index (χ0n) is 19.4. The van der Waals surface area contributed by atoms with Crippen molar-refractivity contribution in [2.75, 3.05) is 18.4 Å². The predicted molar refractivity (Wildman–Crippen MR) is 128 cm³/mol. The number of rotatable bonds is 8. The van der Waals surface area contributed by atoms with E-state index in [0.29, 0.717) is 49.6 Å². The molecule has 3 heterocycles. The van der Waals surface area contributed by atoms with Crippen LogP contribution in [0.3, 0.4) is 0 Å². The van der Waals surface area contributed by atoms with E-state index in [9.17, 15) is 15.2 Å². The van der Waals surface area contributed by atoms with Crippen molar-refractivity contribution in [2.45, 2.75) is 44.2 Å².